The number of hydrogen-bond acceptors (Lipinski definition) is 5. The van der Waals surface area contributed by atoms with E-state index in [9.17, 15) is 4.89 Å². The summed E-state index contributed by atoms with van der Waals surface area (Å²) in [6.07, 6.45) is 0. The van der Waals surface area contributed by atoms with E-state index in [1.165, 1.54) is 0 Å². The zero-order valence-electron chi connectivity index (χ0n) is 5.39. The van der Waals surface area contributed by atoms with Crippen LogP contribution in [0.5, 0.6) is 0 Å². The van der Waals surface area contributed by atoms with Crippen LogP contribution in [-0.2, 0) is 9.05 Å². The normalized spacial score (nSPS) is 10.8. The standard InChI is InChI=1S/C4H10O5P/c5-1-3-8-10(7)9-4-2-6/h5-6H,1-4H2/q-1. The highest BCUT2D eigenvalue weighted by Crippen LogP contribution is 2.26. The van der Waals surface area contributed by atoms with Crippen molar-refractivity contribution in [1.82, 2.24) is 0 Å². The van der Waals surface area contributed by atoms with Gasteiger partial charge in [-0.05, 0) is 0 Å². The lowest BCUT2D eigenvalue weighted by atomic mass is 10.8. The molecule has 0 bridgehead atoms. The summed E-state index contributed by atoms with van der Waals surface area (Å²) in [5.41, 5.74) is 0. The molecule has 0 aliphatic rings. The van der Waals surface area contributed by atoms with E-state index in [1.807, 2.05) is 0 Å². The molecule has 5 nitrogen and oxygen atoms in total. The molecule has 6 heteroatoms. The predicted octanol–water partition coefficient (Wildman–Crippen LogP) is -1.41. The maximum atomic E-state index is 10.4. The summed E-state index contributed by atoms with van der Waals surface area (Å²) in [4.78, 5) is 10.4. The molecule has 0 atom stereocenters. The molecular formula is C4H10O5P-. The third kappa shape index (κ3) is 6.35. The van der Waals surface area contributed by atoms with Crippen LogP contribution in [0, 0.1) is 0 Å². The highest BCUT2D eigenvalue weighted by atomic mass is 31.2. The molecule has 2 N–H and O–H groups in total. The Hall–Kier alpha value is 0.230. The Labute approximate surface area is 60.2 Å². The van der Waals surface area contributed by atoms with E-state index < -0.39 is 8.60 Å². The van der Waals surface area contributed by atoms with Gasteiger partial charge in [0.15, 0.2) is 0 Å². The number of hydrogen-bond donors (Lipinski definition) is 2. The third-order valence-electron chi connectivity index (χ3n) is 0.576. The Kier molecular flexibility index (Phi) is 7.51. The molecular weight excluding hydrogens is 159 g/mol. The summed E-state index contributed by atoms with van der Waals surface area (Å²) in [7, 11) is -2.16. The highest BCUT2D eigenvalue weighted by Gasteiger charge is 1.92. The minimum absolute atomic E-state index is 0.0133. The quantitative estimate of drug-likeness (QED) is 0.477. The lowest BCUT2D eigenvalue weighted by molar-refractivity contribution is -0.205. The fourth-order valence-corrected chi connectivity index (χ4v) is 0.804. The van der Waals surface area contributed by atoms with Crippen LogP contribution in [-0.4, -0.2) is 36.6 Å². The summed E-state index contributed by atoms with van der Waals surface area (Å²) < 4.78 is 8.84. The average molecular weight is 169 g/mol. The van der Waals surface area contributed by atoms with Crippen molar-refractivity contribution in [1.29, 1.82) is 0 Å². The first-order valence-corrected chi connectivity index (χ1v) is 3.85. The molecule has 0 unspecified atom stereocenters. The lowest BCUT2D eigenvalue weighted by Crippen LogP contribution is -2.07. The summed E-state index contributed by atoms with van der Waals surface area (Å²) >= 11 is 0. The first-order valence-electron chi connectivity index (χ1n) is 2.76. The van der Waals surface area contributed by atoms with Gasteiger partial charge in [-0.15, -0.1) is 0 Å². The molecule has 0 aromatic heterocycles. The van der Waals surface area contributed by atoms with E-state index in [0.29, 0.717) is 0 Å². The predicted molar refractivity (Wildman–Crippen MR) is 33.0 cm³/mol. The summed E-state index contributed by atoms with van der Waals surface area (Å²) in [6, 6.07) is 0. The van der Waals surface area contributed by atoms with E-state index in [0.717, 1.165) is 0 Å². The monoisotopic (exact) mass is 169 g/mol. The van der Waals surface area contributed by atoms with Gasteiger partial charge in [-0.3, -0.25) is 0 Å². The van der Waals surface area contributed by atoms with E-state index in [-0.39, 0.29) is 26.4 Å². The van der Waals surface area contributed by atoms with Crippen LogP contribution in [0.1, 0.15) is 0 Å². The molecule has 0 rings (SSSR count). The zero-order chi connectivity index (χ0) is 7.82. The van der Waals surface area contributed by atoms with Gasteiger partial charge in [-0.25, -0.2) is 0 Å². The molecule has 0 heterocycles. The topological polar surface area (TPSA) is 82.0 Å². The molecule has 62 valence electrons. The third-order valence-corrected chi connectivity index (χ3v) is 1.36. The summed E-state index contributed by atoms with van der Waals surface area (Å²) in [5, 5.41) is 16.4. The Morgan fingerprint density at radius 2 is 1.50 bits per heavy atom. The molecule has 0 saturated carbocycles. The van der Waals surface area contributed by atoms with Gasteiger partial charge in [0.25, 0.3) is 0 Å². The molecule has 0 spiro atoms. The van der Waals surface area contributed by atoms with Crippen molar-refractivity contribution < 1.29 is 24.2 Å². The molecule has 0 aliphatic heterocycles. The minimum atomic E-state index is -2.16. The van der Waals surface area contributed by atoms with E-state index in [1.54, 1.807) is 0 Å². The first kappa shape index (κ1) is 10.2. The second-order valence-electron chi connectivity index (χ2n) is 1.34. The lowest BCUT2D eigenvalue weighted by Gasteiger charge is -2.20. The van der Waals surface area contributed by atoms with Gasteiger partial charge in [0.2, 0.25) is 0 Å². The van der Waals surface area contributed by atoms with Crippen LogP contribution < -0.4 is 4.89 Å². The molecule has 0 aliphatic carbocycles. The Morgan fingerprint density at radius 1 is 1.10 bits per heavy atom. The van der Waals surface area contributed by atoms with Gasteiger partial charge in [0.1, 0.15) is 0 Å². The van der Waals surface area contributed by atoms with Gasteiger partial charge in [0.05, 0.1) is 35.0 Å². The van der Waals surface area contributed by atoms with E-state index in [2.05, 4.69) is 9.05 Å². The average Bonchev–Trinajstić information content (AvgIpc) is 1.97. The zero-order valence-corrected chi connectivity index (χ0v) is 6.29. The molecule has 0 fully saturated rings. The minimum Gasteiger partial charge on any atom is -0.786 e. The fourth-order valence-electron chi connectivity index (χ4n) is 0.268. The van der Waals surface area contributed by atoms with Crippen LogP contribution in [0.2, 0.25) is 0 Å². The van der Waals surface area contributed by atoms with Crippen molar-refractivity contribution in [2.75, 3.05) is 26.4 Å². The van der Waals surface area contributed by atoms with Crippen molar-refractivity contribution in [2.24, 2.45) is 0 Å². The van der Waals surface area contributed by atoms with Crippen LogP contribution >= 0.6 is 8.60 Å². The van der Waals surface area contributed by atoms with Gasteiger partial charge in [0, 0.05) is 0 Å². The van der Waals surface area contributed by atoms with Crippen LogP contribution in [0.25, 0.3) is 0 Å². The maximum absolute atomic E-state index is 10.4. The first-order chi connectivity index (χ1) is 4.81. The molecule has 0 amide bonds. The Bertz CT molecular complexity index is 62.7. The van der Waals surface area contributed by atoms with Crippen LogP contribution in [0.15, 0.2) is 0 Å². The van der Waals surface area contributed by atoms with Crippen LogP contribution in [0.4, 0.5) is 0 Å². The maximum Gasteiger partial charge on any atom is 0.0831 e. The van der Waals surface area contributed by atoms with Crippen molar-refractivity contribution in [3.63, 3.8) is 0 Å². The van der Waals surface area contributed by atoms with Crippen molar-refractivity contribution in [3.8, 4) is 0 Å². The Morgan fingerprint density at radius 3 is 1.80 bits per heavy atom. The smallest absolute Gasteiger partial charge is 0.0831 e. The van der Waals surface area contributed by atoms with Gasteiger partial charge >= 0.3 is 0 Å². The summed E-state index contributed by atoms with van der Waals surface area (Å²) in [5.74, 6) is 0. The SMILES string of the molecule is [O-]P(OCCO)OCCO. The molecule has 0 aromatic carbocycles. The van der Waals surface area contributed by atoms with Gasteiger partial charge < -0.3 is 24.2 Å². The van der Waals surface area contributed by atoms with Crippen molar-refractivity contribution in [2.45, 2.75) is 0 Å². The molecule has 0 saturated heterocycles. The molecule has 0 radical (unpaired) electrons. The van der Waals surface area contributed by atoms with Crippen molar-refractivity contribution >= 4 is 8.60 Å². The van der Waals surface area contributed by atoms with Gasteiger partial charge in [-0.2, -0.15) is 0 Å². The van der Waals surface area contributed by atoms with Gasteiger partial charge in [-0.1, -0.05) is 0 Å². The van der Waals surface area contributed by atoms with Crippen LogP contribution in [0.3, 0.4) is 0 Å². The van der Waals surface area contributed by atoms with E-state index in [4.69, 9.17) is 10.2 Å². The number of rotatable bonds is 6. The number of aliphatic hydroxyl groups is 2. The molecule has 0 aromatic rings. The second kappa shape index (κ2) is 7.34. The highest BCUT2D eigenvalue weighted by molar-refractivity contribution is 7.39. The van der Waals surface area contributed by atoms with Crippen molar-refractivity contribution in [3.05, 3.63) is 0 Å². The largest absolute Gasteiger partial charge is 0.786 e. The number of aliphatic hydroxyl groups excluding tert-OH is 2. The Balaban J connectivity index is 3.00. The second-order valence-corrected chi connectivity index (χ2v) is 2.30. The summed E-state index contributed by atoms with van der Waals surface area (Å²) in [6.45, 7) is -0.408. The fraction of sp³-hybridized carbons (Fsp3) is 1.00. The van der Waals surface area contributed by atoms with E-state index >= 15 is 0 Å². The molecule has 10 heavy (non-hydrogen) atoms.